The summed E-state index contributed by atoms with van der Waals surface area (Å²) < 4.78 is 17.9. The topological polar surface area (TPSA) is 29.5 Å². The maximum atomic E-state index is 12.8. The highest BCUT2D eigenvalue weighted by molar-refractivity contribution is 5.94. The molecule has 1 amide bonds. The highest BCUT2D eigenvalue weighted by Crippen LogP contribution is 2.14. The zero-order valence-corrected chi connectivity index (χ0v) is 11.5. The van der Waals surface area contributed by atoms with E-state index >= 15 is 0 Å². The van der Waals surface area contributed by atoms with Crippen molar-refractivity contribution in [2.75, 3.05) is 14.2 Å². The molecule has 2 aromatic rings. The molecule has 0 aromatic heterocycles. The van der Waals surface area contributed by atoms with Crippen molar-refractivity contribution in [2.45, 2.75) is 6.54 Å². The maximum Gasteiger partial charge on any atom is 0.253 e. The summed E-state index contributed by atoms with van der Waals surface area (Å²) >= 11 is 0. The van der Waals surface area contributed by atoms with Crippen LogP contribution in [0.3, 0.4) is 0 Å². The van der Waals surface area contributed by atoms with Crippen LogP contribution in [-0.4, -0.2) is 25.0 Å². The molecule has 0 saturated carbocycles. The van der Waals surface area contributed by atoms with E-state index in [0.29, 0.717) is 17.9 Å². The molecule has 0 aliphatic carbocycles. The monoisotopic (exact) mass is 273 g/mol. The van der Waals surface area contributed by atoms with Crippen molar-refractivity contribution in [1.82, 2.24) is 4.90 Å². The van der Waals surface area contributed by atoms with E-state index in [2.05, 4.69) is 0 Å². The Hall–Kier alpha value is -2.36. The SMILES string of the molecule is COc1ccc(C(=O)N(C)Cc2ccc(F)cc2)cc1. The number of benzene rings is 2. The lowest BCUT2D eigenvalue weighted by Gasteiger charge is -2.17. The molecular weight excluding hydrogens is 257 g/mol. The first-order chi connectivity index (χ1) is 9.60. The lowest BCUT2D eigenvalue weighted by Crippen LogP contribution is -2.26. The number of carbonyl (C=O) groups is 1. The summed E-state index contributed by atoms with van der Waals surface area (Å²) in [6.07, 6.45) is 0. The molecular formula is C16H16FNO2. The first-order valence-electron chi connectivity index (χ1n) is 6.24. The highest BCUT2D eigenvalue weighted by Gasteiger charge is 2.12. The van der Waals surface area contributed by atoms with E-state index in [1.54, 1.807) is 55.5 Å². The van der Waals surface area contributed by atoms with Crippen molar-refractivity contribution in [3.8, 4) is 5.75 Å². The predicted octanol–water partition coefficient (Wildman–Crippen LogP) is 3.11. The summed E-state index contributed by atoms with van der Waals surface area (Å²) in [6, 6.07) is 13.1. The third kappa shape index (κ3) is 3.35. The van der Waals surface area contributed by atoms with Crippen LogP contribution < -0.4 is 4.74 Å². The van der Waals surface area contributed by atoms with Crippen LogP contribution in [0.1, 0.15) is 15.9 Å². The van der Waals surface area contributed by atoms with E-state index < -0.39 is 0 Å². The van der Waals surface area contributed by atoms with Crippen LogP contribution in [0.2, 0.25) is 0 Å². The number of halogens is 1. The molecule has 104 valence electrons. The molecule has 0 atom stereocenters. The minimum Gasteiger partial charge on any atom is -0.497 e. The zero-order valence-electron chi connectivity index (χ0n) is 11.5. The van der Waals surface area contributed by atoms with Crippen molar-refractivity contribution in [1.29, 1.82) is 0 Å². The normalized spacial score (nSPS) is 10.2. The van der Waals surface area contributed by atoms with Crippen molar-refractivity contribution in [3.05, 3.63) is 65.5 Å². The Labute approximate surface area is 117 Å². The third-order valence-corrected chi connectivity index (χ3v) is 3.02. The number of nitrogens with zero attached hydrogens (tertiary/aromatic N) is 1. The van der Waals surface area contributed by atoms with Gasteiger partial charge >= 0.3 is 0 Å². The fourth-order valence-electron chi connectivity index (χ4n) is 1.89. The number of methoxy groups -OCH3 is 1. The molecule has 0 N–H and O–H groups in total. The minimum absolute atomic E-state index is 0.0861. The Bertz CT molecular complexity index is 578. The number of amides is 1. The van der Waals surface area contributed by atoms with Gasteiger partial charge in [0.1, 0.15) is 11.6 Å². The van der Waals surface area contributed by atoms with Gasteiger partial charge in [-0.2, -0.15) is 0 Å². The Balaban J connectivity index is 2.05. The van der Waals surface area contributed by atoms with Crippen molar-refractivity contribution < 1.29 is 13.9 Å². The van der Waals surface area contributed by atoms with E-state index in [1.807, 2.05) is 0 Å². The molecule has 0 aliphatic rings. The third-order valence-electron chi connectivity index (χ3n) is 3.02. The van der Waals surface area contributed by atoms with E-state index in [-0.39, 0.29) is 11.7 Å². The summed E-state index contributed by atoms with van der Waals surface area (Å²) in [5.74, 6) is 0.345. The second kappa shape index (κ2) is 6.19. The number of hydrogen-bond acceptors (Lipinski definition) is 2. The molecule has 20 heavy (non-hydrogen) atoms. The molecule has 0 heterocycles. The molecule has 0 spiro atoms. The summed E-state index contributed by atoms with van der Waals surface area (Å²) in [5.41, 5.74) is 1.48. The van der Waals surface area contributed by atoms with Crippen LogP contribution >= 0.6 is 0 Å². The van der Waals surface area contributed by atoms with E-state index in [9.17, 15) is 9.18 Å². The molecule has 0 radical (unpaired) electrons. The van der Waals surface area contributed by atoms with Crippen LogP contribution in [0, 0.1) is 5.82 Å². The maximum absolute atomic E-state index is 12.8. The van der Waals surface area contributed by atoms with Gasteiger partial charge in [0, 0.05) is 19.2 Å². The Morgan fingerprint density at radius 2 is 1.70 bits per heavy atom. The van der Waals surface area contributed by atoms with Gasteiger partial charge in [0.15, 0.2) is 0 Å². The summed E-state index contributed by atoms with van der Waals surface area (Å²) in [6.45, 7) is 0.436. The fourth-order valence-corrected chi connectivity index (χ4v) is 1.89. The first-order valence-corrected chi connectivity index (χ1v) is 6.24. The van der Waals surface area contributed by atoms with Crippen LogP contribution in [-0.2, 0) is 6.54 Å². The smallest absolute Gasteiger partial charge is 0.253 e. The average molecular weight is 273 g/mol. The summed E-state index contributed by atoms with van der Waals surface area (Å²) in [4.78, 5) is 13.8. The van der Waals surface area contributed by atoms with Crippen molar-refractivity contribution in [3.63, 3.8) is 0 Å². The van der Waals surface area contributed by atoms with Gasteiger partial charge < -0.3 is 9.64 Å². The molecule has 0 bridgehead atoms. The zero-order chi connectivity index (χ0) is 14.5. The van der Waals surface area contributed by atoms with E-state index in [4.69, 9.17) is 4.74 Å². The van der Waals surface area contributed by atoms with Gasteiger partial charge in [0.05, 0.1) is 7.11 Å². The quantitative estimate of drug-likeness (QED) is 0.856. The van der Waals surface area contributed by atoms with E-state index in [1.165, 1.54) is 12.1 Å². The van der Waals surface area contributed by atoms with Gasteiger partial charge in [-0.1, -0.05) is 12.1 Å². The molecule has 0 fully saturated rings. The van der Waals surface area contributed by atoms with Gasteiger partial charge in [-0.15, -0.1) is 0 Å². The second-order valence-corrected chi connectivity index (χ2v) is 4.52. The molecule has 2 aromatic carbocycles. The molecule has 3 nitrogen and oxygen atoms in total. The number of rotatable bonds is 4. The lowest BCUT2D eigenvalue weighted by atomic mass is 10.1. The molecule has 0 aliphatic heterocycles. The minimum atomic E-state index is -0.280. The standard InChI is InChI=1S/C16H16FNO2/c1-18(11-12-3-7-14(17)8-4-12)16(19)13-5-9-15(20-2)10-6-13/h3-10H,11H2,1-2H3. The predicted molar refractivity (Wildman–Crippen MR) is 75.2 cm³/mol. The van der Waals surface area contributed by atoms with Gasteiger partial charge in [-0.3, -0.25) is 4.79 Å². The first kappa shape index (κ1) is 14.1. The molecule has 0 unspecified atom stereocenters. The van der Waals surface area contributed by atoms with Crippen LogP contribution in [0.15, 0.2) is 48.5 Å². The van der Waals surface area contributed by atoms with Gasteiger partial charge in [-0.25, -0.2) is 4.39 Å². The highest BCUT2D eigenvalue weighted by atomic mass is 19.1. The van der Waals surface area contributed by atoms with E-state index in [0.717, 1.165) is 5.56 Å². The van der Waals surface area contributed by atoms with Crippen LogP contribution in [0.25, 0.3) is 0 Å². The van der Waals surface area contributed by atoms with Gasteiger partial charge in [0.25, 0.3) is 5.91 Å². The average Bonchev–Trinajstić information content (AvgIpc) is 2.49. The molecule has 4 heteroatoms. The van der Waals surface area contributed by atoms with Gasteiger partial charge in [-0.05, 0) is 42.0 Å². The van der Waals surface area contributed by atoms with Crippen LogP contribution in [0.5, 0.6) is 5.75 Å². The Morgan fingerprint density at radius 1 is 1.10 bits per heavy atom. The summed E-state index contributed by atoms with van der Waals surface area (Å²) in [5, 5.41) is 0. The largest absolute Gasteiger partial charge is 0.497 e. The number of hydrogen-bond donors (Lipinski definition) is 0. The van der Waals surface area contributed by atoms with Gasteiger partial charge in [0.2, 0.25) is 0 Å². The Morgan fingerprint density at radius 3 is 2.25 bits per heavy atom. The number of ether oxygens (including phenoxy) is 1. The Kier molecular flexibility index (Phi) is 4.35. The second-order valence-electron chi connectivity index (χ2n) is 4.52. The van der Waals surface area contributed by atoms with Crippen molar-refractivity contribution in [2.24, 2.45) is 0 Å². The number of carbonyl (C=O) groups excluding carboxylic acids is 1. The summed E-state index contributed by atoms with van der Waals surface area (Å²) in [7, 11) is 3.30. The fraction of sp³-hybridized carbons (Fsp3) is 0.188. The van der Waals surface area contributed by atoms with Crippen molar-refractivity contribution >= 4 is 5.91 Å². The lowest BCUT2D eigenvalue weighted by molar-refractivity contribution is 0.0785. The molecule has 2 rings (SSSR count). The molecule has 0 saturated heterocycles. The van der Waals surface area contributed by atoms with Crippen LogP contribution in [0.4, 0.5) is 4.39 Å².